The van der Waals surface area contributed by atoms with Crippen LogP contribution in [0, 0.1) is 0 Å². The van der Waals surface area contributed by atoms with Crippen LogP contribution >= 0.6 is 69.7 Å². The number of unbranched alkanes of at least 4 members (excludes halogenated alkanes) is 12. The summed E-state index contributed by atoms with van der Waals surface area (Å²) in [5, 5.41) is 0. The predicted molar refractivity (Wildman–Crippen MR) is 285 cm³/mol. The number of esters is 4. The molecule has 4 heterocycles. The van der Waals surface area contributed by atoms with Crippen molar-refractivity contribution >= 4 is 118 Å². The lowest BCUT2D eigenvalue weighted by atomic mass is 10.2. The van der Waals surface area contributed by atoms with E-state index in [1.54, 1.807) is 0 Å². The second-order valence-corrected chi connectivity index (χ2v) is 22.5. The van der Waals surface area contributed by atoms with Crippen molar-refractivity contribution in [1.29, 1.82) is 0 Å². The standard InChI is InChI=1S/C50H68O12S6/c1-9-13-17-21-27-59-39-33(63-35(41(39)61-29-23-19-15-11-3)31-37-65-43(47(51)55-5)44(66-37)48(52)56-6)25-26-34-40(60-28-22-18-14-10-2)42(62-30-24-20-16-12-4)36(64-34)32-38-67-45(49(53)57-7)46(68-38)50(54)58-8/h25-26,31-32H,9-24,27-30H2,1-8H3/b26-25+. The minimum atomic E-state index is -0.613. The highest BCUT2D eigenvalue weighted by Gasteiger charge is 2.35. The number of carbonyl (C=O) groups excluding carboxylic acids is 4. The Morgan fingerprint density at radius 2 is 0.618 bits per heavy atom. The van der Waals surface area contributed by atoms with Gasteiger partial charge in [0, 0.05) is 0 Å². The quantitative estimate of drug-likeness (QED) is 0.0389. The van der Waals surface area contributed by atoms with E-state index in [4.69, 9.17) is 37.9 Å². The molecule has 0 atom stereocenters. The summed E-state index contributed by atoms with van der Waals surface area (Å²) in [6, 6.07) is 0. The minimum absolute atomic E-state index is 0.170. The fraction of sp³-hybridized carbons (Fsp3) is 0.560. The van der Waals surface area contributed by atoms with Crippen molar-refractivity contribution in [3.05, 3.63) is 47.6 Å². The van der Waals surface area contributed by atoms with Crippen LogP contribution in [0.3, 0.4) is 0 Å². The Balaban J connectivity index is 1.89. The van der Waals surface area contributed by atoms with Gasteiger partial charge in [-0.1, -0.05) is 152 Å². The van der Waals surface area contributed by atoms with Crippen LogP contribution in [0.2, 0.25) is 0 Å². The average molecular weight is 1050 g/mol. The Morgan fingerprint density at radius 3 is 0.853 bits per heavy atom. The van der Waals surface area contributed by atoms with Gasteiger partial charge in [0.2, 0.25) is 0 Å². The summed E-state index contributed by atoms with van der Waals surface area (Å²) in [4.78, 5) is 55.1. The van der Waals surface area contributed by atoms with Crippen LogP contribution in [-0.2, 0) is 38.1 Å². The number of ether oxygens (including phenoxy) is 8. The molecule has 0 unspecified atom stereocenters. The van der Waals surface area contributed by atoms with E-state index in [1.165, 1.54) is 51.1 Å². The molecule has 0 amide bonds. The predicted octanol–water partition coefficient (Wildman–Crippen LogP) is 14.5. The first-order valence-corrected chi connectivity index (χ1v) is 28.5. The molecule has 0 bridgehead atoms. The molecule has 0 spiro atoms. The van der Waals surface area contributed by atoms with Crippen LogP contribution < -0.4 is 18.9 Å². The van der Waals surface area contributed by atoms with E-state index in [-0.39, 0.29) is 19.6 Å². The Bertz CT molecular complexity index is 1940. The highest BCUT2D eigenvalue weighted by atomic mass is 32.2. The van der Waals surface area contributed by atoms with Gasteiger partial charge in [-0.3, -0.25) is 0 Å². The Labute approximate surface area is 428 Å². The van der Waals surface area contributed by atoms with E-state index >= 15 is 0 Å². The molecule has 12 nitrogen and oxygen atoms in total. The van der Waals surface area contributed by atoms with Gasteiger partial charge in [-0.25, -0.2) is 19.2 Å². The van der Waals surface area contributed by atoms with Crippen LogP contribution in [0.15, 0.2) is 28.1 Å². The number of hydrogen-bond acceptors (Lipinski definition) is 18. The molecule has 0 aromatic carbocycles. The third kappa shape index (κ3) is 17.2. The van der Waals surface area contributed by atoms with E-state index in [9.17, 15) is 19.2 Å². The summed E-state index contributed by atoms with van der Waals surface area (Å²) in [6.45, 7) is 10.7. The molecule has 0 saturated carbocycles. The second kappa shape index (κ2) is 31.7. The molecule has 0 N–H and O–H groups in total. The Kier molecular flexibility index (Phi) is 26.7. The number of rotatable bonds is 32. The van der Waals surface area contributed by atoms with Crippen molar-refractivity contribution in [1.82, 2.24) is 0 Å². The van der Waals surface area contributed by atoms with Crippen molar-refractivity contribution in [2.45, 2.75) is 130 Å². The zero-order valence-electron chi connectivity index (χ0n) is 40.8. The molecule has 2 aromatic rings. The van der Waals surface area contributed by atoms with E-state index in [0.717, 1.165) is 169 Å². The Morgan fingerprint density at radius 1 is 0.368 bits per heavy atom. The topological polar surface area (TPSA) is 142 Å². The first-order chi connectivity index (χ1) is 33.1. The number of methoxy groups -OCH3 is 4. The summed E-state index contributed by atoms with van der Waals surface area (Å²) in [5.41, 5.74) is 0. The zero-order chi connectivity index (χ0) is 49.3. The number of hydrogen-bond donors (Lipinski definition) is 0. The molecule has 4 rings (SSSR count). The summed E-state index contributed by atoms with van der Waals surface area (Å²) in [6.07, 6.45) is 24.3. The van der Waals surface area contributed by atoms with Gasteiger partial charge in [0.05, 0.1) is 82.8 Å². The first kappa shape index (κ1) is 57.2. The van der Waals surface area contributed by atoms with Gasteiger partial charge in [0.1, 0.15) is 19.6 Å². The molecule has 0 radical (unpaired) electrons. The molecular formula is C50H68O12S6. The monoisotopic (exact) mass is 1050 g/mol. The van der Waals surface area contributed by atoms with Gasteiger partial charge in [-0.15, -0.1) is 22.7 Å². The molecule has 376 valence electrons. The van der Waals surface area contributed by atoms with Crippen LogP contribution in [0.5, 0.6) is 23.0 Å². The van der Waals surface area contributed by atoms with Crippen molar-refractivity contribution in [2.75, 3.05) is 54.9 Å². The van der Waals surface area contributed by atoms with Crippen LogP contribution in [0.25, 0.3) is 24.3 Å². The summed E-state index contributed by atoms with van der Waals surface area (Å²) < 4.78 is 48.1. The van der Waals surface area contributed by atoms with Crippen LogP contribution in [-0.4, -0.2) is 78.7 Å². The van der Waals surface area contributed by atoms with Crippen molar-refractivity contribution in [3.8, 4) is 23.0 Å². The molecule has 18 heteroatoms. The third-order valence-corrected chi connectivity index (χ3v) is 17.3. The van der Waals surface area contributed by atoms with E-state index in [0.29, 0.717) is 57.9 Å². The van der Waals surface area contributed by atoms with Crippen molar-refractivity contribution < 1.29 is 57.1 Å². The lowest BCUT2D eigenvalue weighted by Gasteiger charge is -2.12. The normalized spacial score (nSPS) is 13.6. The number of thiophene rings is 2. The zero-order valence-corrected chi connectivity index (χ0v) is 45.7. The molecular weight excluding hydrogens is 985 g/mol. The molecule has 2 aliphatic rings. The molecule has 2 aromatic heterocycles. The highest BCUT2D eigenvalue weighted by molar-refractivity contribution is 8.30. The van der Waals surface area contributed by atoms with Gasteiger partial charge in [-0.2, -0.15) is 0 Å². The maximum atomic E-state index is 12.8. The minimum Gasteiger partial charge on any atom is -0.488 e. The van der Waals surface area contributed by atoms with Crippen molar-refractivity contribution in [3.63, 3.8) is 0 Å². The van der Waals surface area contributed by atoms with Gasteiger partial charge < -0.3 is 37.9 Å². The number of thioether (sulfide) groups is 4. The fourth-order valence-corrected chi connectivity index (χ4v) is 13.8. The molecule has 2 aliphatic heterocycles. The highest BCUT2D eigenvalue weighted by Crippen LogP contribution is 2.55. The fourth-order valence-electron chi connectivity index (χ4n) is 6.66. The lowest BCUT2D eigenvalue weighted by Crippen LogP contribution is -2.08. The number of carbonyl (C=O) groups is 4. The summed E-state index contributed by atoms with van der Waals surface area (Å²) >= 11 is 7.63. The van der Waals surface area contributed by atoms with Crippen molar-refractivity contribution in [2.24, 2.45) is 0 Å². The molecule has 0 aliphatic carbocycles. The first-order valence-electron chi connectivity index (χ1n) is 23.6. The molecule has 0 fully saturated rings. The van der Waals surface area contributed by atoms with Gasteiger partial charge in [-0.05, 0) is 50.0 Å². The maximum absolute atomic E-state index is 12.8. The third-order valence-electron chi connectivity index (χ3n) is 10.3. The molecule has 68 heavy (non-hydrogen) atoms. The van der Waals surface area contributed by atoms with Gasteiger partial charge >= 0.3 is 23.9 Å². The smallest absolute Gasteiger partial charge is 0.346 e. The second-order valence-electron chi connectivity index (χ2n) is 15.6. The maximum Gasteiger partial charge on any atom is 0.346 e. The molecule has 0 saturated heterocycles. The average Bonchev–Trinajstić information content (AvgIpc) is 4.13. The van der Waals surface area contributed by atoms with E-state index < -0.39 is 23.9 Å². The SMILES string of the molecule is CCCCCCOc1c(C=C2SC(C(=O)OC)=C(C(=O)OC)S2)sc(/C=C/c2sc(C=C3SC(C(=O)OC)=C(C(=O)OC)S3)c(OCCCCCC)c2OCCCCCC)c1OCCCCCC. The summed E-state index contributed by atoms with van der Waals surface area (Å²) in [7, 11) is 5.14. The summed E-state index contributed by atoms with van der Waals surface area (Å²) in [5.74, 6) is -0.00306. The lowest BCUT2D eigenvalue weighted by molar-refractivity contribution is -0.138. The van der Waals surface area contributed by atoms with Crippen LogP contribution in [0.4, 0.5) is 0 Å². The largest absolute Gasteiger partial charge is 0.488 e. The van der Waals surface area contributed by atoms with E-state index in [1.807, 2.05) is 24.3 Å². The Hall–Kier alpha value is -3.42. The van der Waals surface area contributed by atoms with Crippen LogP contribution in [0.1, 0.15) is 150 Å². The van der Waals surface area contributed by atoms with Gasteiger partial charge in [0.15, 0.2) is 23.0 Å². The van der Waals surface area contributed by atoms with E-state index in [2.05, 4.69) is 27.7 Å². The van der Waals surface area contributed by atoms with Gasteiger partial charge in [0.25, 0.3) is 0 Å².